The lowest BCUT2D eigenvalue weighted by Gasteiger charge is -2.59. The van der Waals surface area contributed by atoms with Crippen LogP contribution < -0.4 is 0 Å². The Balaban J connectivity index is 1.92. The van der Waals surface area contributed by atoms with E-state index in [1.54, 1.807) is 5.57 Å². The van der Waals surface area contributed by atoms with E-state index >= 15 is 0 Å². The van der Waals surface area contributed by atoms with Crippen molar-refractivity contribution in [3.05, 3.63) is 24.3 Å². The number of rotatable bonds is 3. The van der Waals surface area contributed by atoms with Crippen LogP contribution in [0.1, 0.15) is 65.7 Å². The molecule has 0 heterocycles. The van der Waals surface area contributed by atoms with Crippen molar-refractivity contribution in [2.75, 3.05) is 0 Å². The summed E-state index contributed by atoms with van der Waals surface area (Å²) in [4.78, 5) is 13.2. The molecule has 146 valence electrons. The summed E-state index contributed by atoms with van der Waals surface area (Å²) in [5.74, 6) is 1.12. The van der Waals surface area contributed by atoms with Crippen LogP contribution in [0.15, 0.2) is 24.3 Å². The molecule has 0 spiro atoms. The molecule has 2 fully saturated rings. The van der Waals surface area contributed by atoms with Gasteiger partial charge in [0, 0.05) is 0 Å². The highest BCUT2D eigenvalue weighted by atomic mass is 28.4. The molecule has 0 aromatic rings. The normalized spacial score (nSPS) is 42.9. The van der Waals surface area contributed by atoms with Crippen LogP contribution in [-0.4, -0.2) is 14.3 Å². The second-order valence-electron chi connectivity index (χ2n) is 11.0. The third kappa shape index (κ3) is 3.25. The predicted octanol–water partition coefficient (Wildman–Crippen LogP) is 6.50. The Kier molecular flexibility index (Phi) is 4.87. The van der Waals surface area contributed by atoms with E-state index in [2.05, 4.69) is 59.1 Å². The van der Waals surface area contributed by atoms with Crippen molar-refractivity contribution >= 4 is 14.3 Å². The molecule has 5 atom stereocenters. The van der Waals surface area contributed by atoms with E-state index in [0.29, 0.717) is 11.8 Å². The smallest absolute Gasteiger partial charge is 0.298 e. The van der Waals surface area contributed by atoms with E-state index in [9.17, 15) is 4.79 Å². The van der Waals surface area contributed by atoms with Gasteiger partial charge in [-0.3, -0.25) is 4.79 Å². The van der Waals surface area contributed by atoms with E-state index in [4.69, 9.17) is 4.43 Å². The van der Waals surface area contributed by atoms with Gasteiger partial charge in [-0.1, -0.05) is 38.0 Å². The van der Waals surface area contributed by atoms with Gasteiger partial charge in [0.15, 0.2) is 0 Å². The molecular weight excluding hydrogens is 336 g/mol. The van der Waals surface area contributed by atoms with Gasteiger partial charge in [-0.25, -0.2) is 0 Å². The van der Waals surface area contributed by atoms with Gasteiger partial charge in [0.25, 0.3) is 5.97 Å². The van der Waals surface area contributed by atoms with Crippen LogP contribution in [0, 0.1) is 28.1 Å². The third-order valence-corrected chi connectivity index (χ3v) is 8.60. The van der Waals surface area contributed by atoms with Crippen LogP contribution >= 0.6 is 0 Å². The van der Waals surface area contributed by atoms with Crippen molar-refractivity contribution in [2.45, 2.75) is 85.4 Å². The van der Waals surface area contributed by atoms with Crippen molar-refractivity contribution in [1.29, 1.82) is 0 Å². The Morgan fingerprint density at radius 3 is 2.54 bits per heavy atom. The molecule has 0 aliphatic heterocycles. The molecule has 0 saturated heterocycles. The van der Waals surface area contributed by atoms with Crippen LogP contribution in [0.4, 0.5) is 0 Å². The topological polar surface area (TPSA) is 26.3 Å². The number of carbonyl (C=O) groups is 1. The van der Waals surface area contributed by atoms with Gasteiger partial charge in [-0.15, -0.1) is 6.58 Å². The van der Waals surface area contributed by atoms with Crippen LogP contribution in [0.25, 0.3) is 0 Å². The fraction of sp³-hybridized carbons (Fsp3) is 0.783. The number of allylic oxidation sites excluding steroid dienone is 3. The van der Waals surface area contributed by atoms with Gasteiger partial charge >= 0.3 is 0 Å². The summed E-state index contributed by atoms with van der Waals surface area (Å²) in [5, 5.41) is 0. The second-order valence-corrected chi connectivity index (χ2v) is 15.4. The van der Waals surface area contributed by atoms with E-state index in [1.807, 2.05) is 0 Å². The van der Waals surface area contributed by atoms with Gasteiger partial charge in [0.2, 0.25) is 8.32 Å². The summed E-state index contributed by atoms with van der Waals surface area (Å²) < 4.78 is 6.03. The number of hydrogen-bond donors (Lipinski definition) is 0. The molecule has 0 amide bonds. The third-order valence-electron chi connectivity index (χ3n) is 7.81. The van der Waals surface area contributed by atoms with Crippen LogP contribution in [0.5, 0.6) is 0 Å². The molecule has 0 aromatic heterocycles. The minimum absolute atomic E-state index is 0.0798. The summed E-state index contributed by atoms with van der Waals surface area (Å²) in [7, 11) is -1.87. The first-order valence-electron chi connectivity index (χ1n) is 10.5. The van der Waals surface area contributed by atoms with Crippen molar-refractivity contribution in [3.8, 4) is 0 Å². The number of carbonyl (C=O) groups excluding carboxylic acids is 1. The van der Waals surface area contributed by atoms with E-state index in [1.165, 1.54) is 19.3 Å². The summed E-state index contributed by atoms with van der Waals surface area (Å²) in [6.45, 7) is 17.5. The minimum atomic E-state index is -1.87. The maximum Gasteiger partial charge on any atom is 0.298 e. The molecule has 3 heteroatoms. The van der Waals surface area contributed by atoms with Gasteiger partial charge in [0.1, 0.15) is 0 Å². The Morgan fingerprint density at radius 2 is 1.92 bits per heavy atom. The van der Waals surface area contributed by atoms with Crippen molar-refractivity contribution in [1.82, 2.24) is 0 Å². The Hall–Kier alpha value is -0.833. The summed E-state index contributed by atoms with van der Waals surface area (Å²) in [6, 6.07) is 0. The minimum Gasteiger partial charge on any atom is -0.519 e. The van der Waals surface area contributed by atoms with Crippen LogP contribution in [-0.2, 0) is 9.22 Å². The van der Waals surface area contributed by atoms with Crippen LogP contribution in [0.3, 0.4) is 0 Å². The zero-order chi connectivity index (χ0) is 19.4. The first-order valence-corrected chi connectivity index (χ1v) is 13.9. The molecular formula is C23H38O2Si. The molecule has 3 aliphatic rings. The fourth-order valence-electron chi connectivity index (χ4n) is 6.25. The Labute approximate surface area is 161 Å². The number of fused-ring (bicyclic) bond motifs is 3. The van der Waals surface area contributed by atoms with E-state index in [-0.39, 0.29) is 22.2 Å². The first-order chi connectivity index (χ1) is 11.9. The quantitative estimate of drug-likeness (QED) is 0.416. The first kappa shape index (κ1) is 19.9. The van der Waals surface area contributed by atoms with Crippen LogP contribution in [0.2, 0.25) is 19.6 Å². The molecule has 3 rings (SSSR count). The summed E-state index contributed by atoms with van der Waals surface area (Å²) in [6.07, 6.45) is 12.7. The monoisotopic (exact) mass is 374 g/mol. The largest absolute Gasteiger partial charge is 0.519 e. The van der Waals surface area contributed by atoms with Gasteiger partial charge in [-0.05, 0) is 87.8 Å². The summed E-state index contributed by atoms with van der Waals surface area (Å²) in [5.41, 5.74) is 1.80. The van der Waals surface area contributed by atoms with Crippen molar-refractivity contribution in [2.24, 2.45) is 28.1 Å². The maximum absolute atomic E-state index is 13.2. The molecule has 2 nitrogen and oxygen atoms in total. The fourth-order valence-corrected chi connectivity index (χ4v) is 7.04. The lowest BCUT2D eigenvalue weighted by molar-refractivity contribution is -0.160. The Bertz CT molecular complexity index is 631. The lowest BCUT2D eigenvalue weighted by Crippen LogP contribution is -2.55. The highest BCUT2D eigenvalue weighted by Gasteiger charge is 2.58. The van der Waals surface area contributed by atoms with E-state index < -0.39 is 8.32 Å². The van der Waals surface area contributed by atoms with Gasteiger partial charge in [0.05, 0.1) is 5.41 Å². The zero-order valence-electron chi connectivity index (χ0n) is 17.8. The van der Waals surface area contributed by atoms with Gasteiger partial charge < -0.3 is 4.43 Å². The number of hydrogen-bond acceptors (Lipinski definition) is 2. The standard InChI is InChI=1S/C23H38O2Si/c1-8-21(2)15-12-18-17(16-21)10-11-19-22(18,3)13-9-14-23(19,4)20(24)25-26(5,6)7/h8,10,18-19H,1,9,11-16H2,2-7H3/t18-,19+,21-,22+,23+/m0/s1. The van der Waals surface area contributed by atoms with Crippen molar-refractivity contribution in [3.63, 3.8) is 0 Å². The molecule has 3 aliphatic carbocycles. The average Bonchev–Trinajstić information content (AvgIpc) is 2.52. The SMILES string of the molecule is C=C[C@@]1(C)CC[C@H]2C(=CC[C@@H]3[C@]2(C)CCC[C@@]3(C)C(=O)O[Si](C)(C)C)C1. The zero-order valence-corrected chi connectivity index (χ0v) is 18.8. The molecule has 2 saturated carbocycles. The highest BCUT2D eigenvalue weighted by Crippen LogP contribution is 2.64. The molecule has 0 radical (unpaired) electrons. The average molecular weight is 375 g/mol. The molecule has 0 bridgehead atoms. The Morgan fingerprint density at radius 1 is 1.23 bits per heavy atom. The predicted molar refractivity (Wildman–Crippen MR) is 111 cm³/mol. The molecule has 0 unspecified atom stereocenters. The molecule has 26 heavy (non-hydrogen) atoms. The highest BCUT2D eigenvalue weighted by molar-refractivity contribution is 6.71. The van der Waals surface area contributed by atoms with Gasteiger partial charge in [-0.2, -0.15) is 0 Å². The van der Waals surface area contributed by atoms with Crippen molar-refractivity contribution < 1.29 is 9.22 Å². The lowest BCUT2D eigenvalue weighted by atomic mass is 9.45. The molecule has 0 N–H and O–H groups in total. The van der Waals surface area contributed by atoms with E-state index in [0.717, 1.165) is 25.7 Å². The summed E-state index contributed by atoms with van der Waals surface area (Å²) >= 11 is 0. The molecule has 0 aromatic carbocycles. The maximum atomic E-state index is 13.2. The second kappa shape index (κ2) is 6.36.